The zero-order valence-corrected chi connectivity index (χ0v) is 19.4. The molecule has 2 N–H and O–H groups in total. The highest BCUT2D eigenvalue weighted by Crippen LogP contribution is 2.52. The van der Waals surface area contributed by atoms with E-state index in [-0.39, 0.29) is 5.82 Å². The fourth-order valence-corrected chi connectivity index (χ4v) is 6.34. The normalized spacial score (nSPS) is 24.6. The molecule has 0 amide bonds. The molecule has 34 heavy (non-hydrogen) atoms. The van der Waals surface area contributed by atoms with Gasteiger partial charge < -0.3 is 14.8 Å². The van der Waals surface area contributed by atoms with Crippen LogP contribution in [0.5, 0.6) is 5.75 Å². The zero-order chi connectivity index (χ0) is 23.3. The summed E-state index contributed by atoms with van der Waals surface area (Å²) >= 11 is 0. The molecule has 1 aliphatic carbocycles. The third kappa shape index (κ3) is 3.26. The van der Waals surface area contributed by atoms with Gasteiger partial charge in [-0.05, 0) is 53.9 Å². The summed E-state index contributed by atoms with van der Waals surface area (Å²) in [5.41, 5.74) is 3.53. The number of rotatable bonds is 4. The average molecular weight is 457 g/mol. The number of aliphatic hydroxyl groups is 1. The Morgan fingerprint density at radius 1 is 1.03 bits per heavy atom. The summed E-state index contributed by atoms with van der Waals surface area (Å²) in [5, 5.41) is 13.1. The second kappa shape index (κ2) is 7.97. The van der Waals surface area contributed by atoms with Crippen LogP contribution in [-0.4, -0.2) is 40.8 Å². The molecule has 2 heterocycles. The number of H-pyrrole nitrogens is 1. The first-order valence-corrected chi connectivity index (χ1v) is 11.9. The van der Waals surface area contributed by atoms with Crippen LogP contribution in [0.1, 0.15) is 28.8 Å². The SMILES string of the molecule is COc1cccc(C23CCN(Cc4ccccc4)CC2(O)Cc2c([nH]c4cccc(F)c24)C3)c1. The molecule has 4 nitrogen and oxygen atoms in total. The van der Waals surface area contributed by atoms with E-state index < -0.39 is 11.0 Å². The van der Waals surface area contributed by atoms with E-state index in [1.54, 1.807) is 13.2 Å². The molecule has 1 aromatic heterocycles. The van der Waals surface area contributed by atoms with E-state index in [0.717, 1.165) is 47.6 Å². The van der Waals surface area contributed by atoms with Gasteiger partial charge in [-0.15, -0.1) is 0 Å². The Bertz CT molecular complexity index is 1350. The van der Waals surface area contributed by atoms with Crippen molar-refractivity contribution in [3.05, 3.63) is 101 Å². The fraction of sp³-hybridized carbons (Fsp3) is 0.310. The number of benzene rings is 3. The minimum absolute atomic E-state index is 0.232. The highest BCUT2D eigenvalue weighted by Gasteiger charge is 2.57. The molecular formula is C29H29FN2O2. The Hall–Kier alpha value is -3.15. The average Bonchev–Trinajstić information content (AvgIpc) is 3.20. The second-order valence-electron chi connectivity index (χ2n) is 9.89. The smallest absolute Gasteiger partial charge is 0.132 e. The fourth-order valence-electron chi connectivity index (χ4n) is 6.34. The van der Waals surface area contributed by atoms with Gasteiger partial charge in [-0.2, -0.15) is 0 Å². The first kappa shape index (κ1) is 21.4. The Balaban J connectivity index is 1.47. The maximum absolute atomic E-state index is 14.9. The molecule has 6 rings (SSSR count). The van der Waals surface area contributed by atoms with E-state index in [1.807, 2.05) is 24.3 Å². The first-order chi connectivity index (χ1) is 16.5. The molecule has 2 unspecified atom stereocenters. The Morgan fingerprint density at radius 3 is 2.68 bits per heavy atom. The number of aromatic amines is 1. The number of likely N-dealkylation sites (tertiary alicyclic amines) is 1. The summed E-state index contributed by atoms with van der Waals surface area (Å²) in [7, 11) is 1.67. The van der Waals surface area contributed by atoms with Gasteiger partial charge in [0.25, 0.3) is 0 Å². The summed E-state index contributed by atoms with van der Waals surface area (Å²) in [5.74, 6) is 0.554. The summed E-state index contributed by atoms with van der Waals surface area (Å²) in [6.07, 6.45) is 1.85. The standard InChI is InChI=1S/C29H29FN2O2/c1-34-22-10-5-9-21(15-22)28-13-14-32(18-20-7-3-2-4-8-20)19-29(28,33)16-23-26(17-28)31-25-12-6-11-24(30)27(23)25/h2-12,15,31,33H,13-14,16-19H2,1H3. The third-order valence-corrected chi connectivity index (χ3v) is 8.02. The molecule has 1 fully saturated rings. The molecular weight excluding hydrogens is 427 g/mol. The van der Waals surface area contributed by atoms with Gasteiger partial charge in [0.2, 0.25) is 0 Å². The second-order valence-corrected chi connectivity index (χ2v) is 9.89. The number of fused-ring (bicyclic) bond motifs is 4. The molecule has 5 heteroatoms. The monoisotopic (exact) mass is 456 g/mol. The van der Waals surface area contributed by atoms with Gasteiger partial charge in [0.05, 0.1) is 12.7 Å². The quantitative estimate of drug-likeness (QED) is 0.455. The number of halogens is 1. The zero-order valence-electron chi connectivity index (χ0n) is 19.4. The van der Waals surface area contributed by atoms with Crippen molar-refractivity contribution in [2.45, 2.75) is 36.8 Å². The maximum atomic E-state index is 14.9. The number of nitrogens with one attached hydrogen (secondary N) is 1. The lowest BCUT2D eigenvalue weighted by Gasteiger charge is -2.56. The molecule has 4 aromatic rings. The summed E-state index contributed by atoms with van der Waals surface area (Å²) < 4.78 is 20.4. The van der Waals surface area contributed by atoms with Crippen LogP contribution in [0.25, 0.3) is 10.9 Å². The largest absolute Gasteiger partial charge is 0.497 e. The van der Waals surface area contributed by atoms with E-state index >= 15 is 0 Å². The predicted molar refractivity (Wildman–Crippen MR) is 132 cm³/mol. The van der Waals surface area contributed by atoms with Crippen LogP contribution >= 0.6 is 0 Å². The van der Waals surface area contributed by atoms with Crippen molar-refractivity contribution in [1.29, 1.82) is 0 Å². The first-order valence-electron chi connectivity index (χ1n) is 11.9. The third-order valence-electron chi connectivity index (χ3n) is 8.02. The van der Waals surface area contributed by atoms with Crippen LogP contribution in [0.15, 0.2) is 72.8 Å². The van der Waals surface area contributed by atoms with Crippen molar-refractivity contribution in [1.82, 2.24) is 9.88 Å². The molecule has 0 spiro atoms. The van der Waals surface area contributed by atoms with Crippen molar-refractivity contribution < 1.29 is 14.2 Å². The molecule has 0 saturated carbocycles. The molecule has 0 bridgehead atoms. The van der Waals surface area contributed by atoms with E-state index in [9.17, 15) is 9.50 Å². The van der Waals surface area contributed by atoms with E-state index in [2.05, 4.69) is 46.3 Å². The van der Waals surface area contributed by atoms with Crippen molar-refractivity contribution >= 4 is 10.9 Å². The molecule has 174 valence electrons. The number of β-amino-alcohol motifs (C(OH)–C–C–N with tert-alkyl or cyclic N) is 1. The number of hydrogen-bond acceptors (Lipinski definition) is 3. The molecule has 2 atom stereocenters. The van der Waals surface area contributed by atoms with E-state index in [4.69, 9.17) is 4.74 Å². The Labute approximate surface area is 199 Å². The van der Waals surface area contributed by atoms with Crippen LogP contribution in [-0.2, 0) is 24.8 Å². The molecule has 2 aliphatic rings. The van der Waals surface area contributed by atoms with Gasteiger partial charge in [-0.3, -0.25) is 4.90 Å². The van der Waals surface area contributed by atoms with Gasteiger partial charge in [0, 0.05) is 47.9 Å². The van der Waals surface area contributed by atoms with Gasteiger partial charge in [-0.1, -0.05) is 48.5 Å². The van der Waals surface area contributed by atoms with Gasteiger partial charge >= 0.3 is 0 Å². The Morgan fingerprint density at radius 2 is 1.85 bits per heavy atom. The van der Waals surface area contributed by atoms with Gasteiger partial charge in [-0.25, -0.2) is 4.39 Å². The number of piperidine rings is 1. The van der Waals surface area contributed by atoms with Crippen LogP contribution in [0.3, 0.4) is 0 Å². The number of methoxy groups -OCH3 is 1. The van der Waals surface area contributed by atoms with Crippen LogP contribution in [0.2, 0.25) is 0 Å². The Kier molecular flexibility index (Phi) is 5.01. The molecule has 1 aliphatic heterocycles. The lowest BCUT2D eigenvalue weighted by Crippen LogP contribution is -2.66. The summed E-state index contributed by atoms with van der Waals surface area (Å²) in [6.45, 7) is 2.18. The molecule has 0 radical (unpaired) electrons. The minimum Gasteiger partial charge on any atom is -0.497 e. The lowest BCUT2D eigenvalue weighted by atomic mass is 9.56. The van der Waals surface area contributed by atoms with Gasteiger partial charge in [0.1, 0.15) is 11.6 Å². The number of aromatic nitrogens is 1. The van der Waals surface area contributed by atoms with Crippen molar-refractivity contribution in [3.63, 3.8) is 0 Å². The minimum atomic E-state index is -1.04. The number of ether oxygens (including phenoxy) is 1. The predicted octanol–water partition coefficient (Wildman–Crippen LogP) is 4.99. The lowest BCUT2D eigenvalue weighted by molar-refractivity contribution is -0.105. The van der Waals surface area contributed by atoms with Gasteiger partial charge in [0.15, 0.2) is 0 Å². The highest BCUT2D eigenvalue weighted by molar-refractivity contribution is 5.86. The molecule has 3 aromatic carbocycles. The van der Waals surface area contributed by atoms with Crippen LogP contribution in [0.4, 0.5) is 4.39 Å². The van der Waals surface area contributed by atoms with Crippen molar-refractivity contribution in [3.8, 4) is 5.75 Å². The number of hydrogen-bond donors (Lipinski definition) is 2. The van der Waals surface area contributed by atoms with Crippen LogP contribution in [0, 0.1) is 5.82 Å². The topological polar surface area (TPSA) is 48.5 Å². The van der Waals surface area contributed by atoms with E-state index in [0.29, 0.717) is 24.8 Å². The summed E-state index contributed by atoms with van der Waals surface area (Å²) in [4.78, 5) is 5.82. The number of nitrogens with zero attached hydrogens (tertiary/aromatic N) is 1. The summed E-state index contributed by atoms with van der Waals surface area (Å²) in [6, 6.07) is 23.7. The maximum Gasteiger partial charge on any atom is 0.132 e. The van der Waals surface area contributed by atoms with Crippen molar-refractivity contribution in [2.75, 3.05) is 20.2 Å². The highest BCUT2D eigenvalue weighted by atomic mass is 19.1. The van der Waals surface area contributed by atoms with Crippen LogP contribution < -0.4 is 4.74 Å². The van der Waals surface area contributed by atoms with Crippen molar-refractivity contribution in [2.24, 2.45) is 0 Å². The van der Waals surface area contributed by atoms with E-state index in [1.165, 1.54) is 11.6 Å². The molecule has 1 saturated heterocycles.